The molecule has 0 aromatic heterocycles. The lowest BCUT2D eigenvalue weighted by molar-refractivity contribution is -0.116. The van der Waals surface area contributed by atoms with Gasteiger partial charge in [-0.25, -0.2) is 4.90 Å². The summed E-state index contributed by atoms with van der Waals surface area (Å²) in [5.41, 5.74) is 1.51. The molecule has 31 heavy (non-hydrogen) atoms. The number of anilines is 2. The van der Waals surface area contributed by atoms with E-state index in [-0.39, 0.29) is 5.11 Å². The Bertz CT molecular complexity index is 1120. The number of thiocarbonyl (C=S) groups is 1. The van der Waals surface area contributed by atoms with E-state index in [2.05, 4.69) is 5.32 Å². The molecule has 8 heteroatoms. The molecule has 4 rings (SSSR count). The van der Waals surface area contributed by atoms with Gasteiger partial charge < -0.3 is 0 Å². The SMILES string of the molecule is O=C(NC(=S)N(c1ccccc1)C1SC(=O)N(c2ccccc2)C1=O)c1ccccc1. The Morgan fingerprint density at radius 1 is 0.871 bits per heavy atom. The smallest absolute Gasteiger partial charge is 0.295 e. The third-order valence-electron chi connectivity index (χ3n) is 4.59. The summed E-state index contributed by atoms with van der Waals surface area (Å²) in [6, 6.07) is 26.3. The van der Waals surface area contributed by atoms with Crippen LogP contribution in [0.5, 0.6) is 0 Å². The summed E-state index contributed by atoms with van der Waals surface area (Å²) in [7, 11) is 0. The first-order chi connectivity index (χ1) is 15.1. The molecule has 0 saturated carbocycles. The summed E-state index contributed by atoms with van der Waals surface area (Å²) in [6.45, 7) is 0. The van der Waals surface area contributed by atoms with Crippen molar-refractivity contribution in [2.24, 2.45) is 0 Å². The number of amides is 3. The van der Waals surface area contributed by atoms with Crippen molar-refractivity contribution in [1.82, 2.24) is 5.32 Å². The van der Waals surface area contributed by atoms with Gasteiger partial charge in [-0.05, 0) is 60.4 Å². The largest absolute Gasteiger partial charge is 0.299 e. The minimum Gasteiger partial charge on any atom is -0.299 e. The highest BCUT2D eigenvalue weighted by molar-refractivity contribution is 8.16. The first-order valence-corrected chi connectivity index (χ1v) is 10.7. The maximum atomic E-state index is 13.3. The van der Waals surface area contributed by atoms with E-state index in [1.54, 1.807) is 72.8 Å². The molecule has 1 saturated heterocycles. The second-order valence-corrected chi connectivity index (χ2v) is 7.99. The predicted molar refractivity (Wildman–Crippen MR) is 126 cm³/mol. The van der Waals surface area contributed by atoms with Gasteiger partial charge in [-0.1, -0.05) is 54.6 Å². The Hall–Kier alpha value is -3.49. The second-order valence-electron chi connectivity index (χ2n) is 6.58. The van der Waals surface area contributed by atoms with Crippen LogP contribution in [0.3, 0.4) is 0 Å². The van der Waals surface area contributed by atoms with Crippen molar-refractivity contribution in [3.8, 4) is 0 Å². The molecule has 1 aliphatic heterocycles. The molecule has 1 aliphatic rings. The zero-order valence-electron chi connectivity index (χ0n) is 16.2. The summed E-state index contributed by atoms with van der Waals surface area (Å²) in [5, 5.41) is 1.37. The fraction of sp³-hybridized carbons (Fsp3) is 0.0435. The van der Waals surface area contributed by atoms with E-state index in [1.165, 1.54) is 4.90 Å². The lowest BCUT2D eigenvalue weighted by Gasteiger charge is -2.29. The highest BCUT2D eigenvalue weighted by Crippen LogP contribution is 2.35. The lowest BCUT2D eigenvalue weighted by Crippen LogP contribution is -2.50. The molecule has 6 nitrogen and oxygen atoms in total. The molecule has 154 valence electrons. The summed E-state index contributed by atoms with van der Waals surface area (Å²) in [4.78, 5) is 41.2. The van der Waals surface area contributed by atoms with Crippen LogP contribution in [0.25, 0.3) is 0 Å². The van der Waals surface area contributed by atoms with E-state index in [1.807, 2.05) is 18.2 Å². The van der Waals surface area contributed by atoms with Gasteiger partial charge in [-0.15, -0.1) is 0 Å². The standard InChI is InChI=1S/C23H17N3O3S2/c27-19(16-10-4-1-5-11-16)24-22(30)26(18-14-8-3-9-15-18)21-20(28)25(23(29)31-21)17-12-6-2-7-13-17/h1-15,21H,(H,24,27,30). The molecule has 0 spiro atoms. The fourth-order valence-electron chi connectivity index (χ4n) is 3.14. The lowest BCUT2D eigenvalue weighted by atomic mass is 10.2. The van der Waals surface area contributed by atoms with Gasteiger partial charge in [0, 0.05) is 11.3 Å². The molecule has 0 bridgehead atoms. The number of nitrogens with one attached hydrogen (secondary N) is 1. The van der Waals surface area contributed by atoms with Gasteiger partial charge in [0.25, 0.3) is 17.1 Å². The number of carbonyl (C=O) groups is 3. The Morgan fingerprint density at radius 2 is 1.42 bits per heavy atom. The number of hydrogen-bond acceptors (Lipinski definition) is 5. The molecule has 1 atom stereocenters. The van der Waals surface area contributed by atoms with Gasteiger partial charge >= 0.3 is 0 Å². The van der Waals surface area contributed by atoms with Gasteiger partial charge in [0.1, 0.15) is 0 Å². The number of nitrogens with zero attached hydrogens (tertiary/aromatic N) is 2. The molecule has 0 aliphatic carbocycles. The minimum absolute atomic E-state index is 0.0358. The molecule has 1 fully saturated rings. The van der Waals surface area contributed by atoms with Crippen LogP contribution in [0.15, 0.2) is 91.0 Å². The third-order valence-corrected chi connectivity index (χ3v) is 5.90. The summed E-state index contributed by atoms with van der Waals surface area (Å²) >= 11 is 6.37. The molecule has 3 aromatic carbocycles. The Labute approximate surface area is 188 Å². The summed E-state index contributed by atoms with van der Waals surface area (Å²) < 4.78 is 0. The van der Waals surface area contributed by atoms with Crippen LogP contribution in [-0.2, 0) is 4.79 Å². The zero-order valence-corrected chi connectivity index (χ0v) is 17.8. The van der Waals surface area contributed by atoms with Crippen molar-refractivity contribution in [1.29, 1.82) is 0 Å². The number of para-hydroxylation sites is 2. The average Bonchev–Trinajstić information content (AvgIpc) is 3.09. The van der Waals surface area contributed by atoms with Crippen molar-refractivity contribution in [3.05, 3.63) is 96.6 Å². The molecule has 1 heterocycles. The Kier molecular flexibility index (Phi) is 6.11. The summed E-state index contributed by atoms with van der Waals surface area (Å²) in [5.74, 6) is -0.824. The number of hydrogen-bond donors (Lipinski definition) is 1. The van der Waals surface area contributed by atoms with Crippen molar-refractivity contribution in [2.75, 3.05) is 9.80 Å². The van der Waals surface area contributed by atoms with Crippen LogP contribution in [0, 0.1) is 0 Å². The van der Waals surface area contributed by atoms with Gasteiger partial charge in [0.15, 0.2) is 10.5 Å². The molecule has 3 amide bonds. The van der Waals surface area contributed by atoms with Crippen molar-refractivity contribution in [2.45, 2.75) is 5.37 Å². The van der Waals surface area contributed by atoms with Crippen LogP contribution in [0.4, 0.5) is 16.2 Å². The Balaban J connectivity index is 1.65. The maximum Gasteiger partial charge on any atom is 0.295 e. The van der Waals surface area contributed by atoms with Crippen LogP contribution < -0.4 is 15.1 Å². The third kappa shape index (κ3) is 4.35. The second kappa shape index (κ2) is 9.11. The van der Waals surface area contributed by atoms with E-state index in [9.17, 15) is 14.4 Å². The van der Waals surface area contributed by atoms with E-state index in [0.29, 0.717) is 16.9 Å². The van der Waals surface area contributed by atoms with Crippen molar-refractivity contribution in [3.63, 3.8) is 0 Å². The quantitative estimate of drug-likeness (QED) is 0.597. The number of rotatable bonds is 4. The molecule has 3 aromatic rings. The van der Waals surface area contributed by atoms with E-state index < -0.39 is 22.4 Å². The molecular weight excluding hydrogens is 430 g/mol. The van der Waals surface area contributed by atoms with Crippen LogP contribution in [0.1, 0.15) is 10.4 Å². The van der Waals surface area contributed by atoms with Crippen molar-refractivity contribution < 1.29 is 14.4 Å². The molecule has 1 unspecified atom stereocenters. The number of imide groups is 1. The van der Waals surface area contributed by atoms with Gasteiger partial charge in [0.2, 0.25) is 0 Å². The molecule has 0 radical (unpaired) electrons. The maximum absolute atomic E-state index is 13.3. The monoisotopic (exact) mass is 447 g/mol. The van der Waals surface area contributed by atoms with E-state index in [0.717, 1.165) is 16.7 Å². The number of carbonyl (C=O) groups excluding carboxylic acids is 3. The first kappa shape index (κ1) is 20.8. The zero-order chi connectivity index (χ0) is 21.8. The van der Waals surface area contributed by atoms with Gasteiger partial charge in [0.05, 0.1) is 5.69 Å². The van der Waals surface area contributed by atoms with Crippen LogP contribution >= 0.6 is 24.0 Å². The summed E-state index contributed by atoms with van der Waals surface area (Å²) in [6.07, 6.45) is 0. The Morgan fingerprint density at radius 3 is 2.03 bits per heavy atom. The molecular formula is C23H17N3O3S2. The normalized spacial score (nSPS) is 15.6. The minimum atomic E-state index is -0.946. The van der Waals surface area contributed by atoms with Crippen molar-refractivity contribution >= 4 is 57.5 Å². The topological polar surface area (TPSA) is 69.7 Å². The number of thioether (sulfide) groups is 1. The van der Waals surface area contributed by atoms with Gasteiger partial charge in [-0.2, -0.15) is 0 Å². The van der Waals surface area contributed by atoms with Crippen LogP contribution in [-0.4, -0.2) is 27.5 Å². The van der Waals surface area contributed by atoms with E-state index in [4.69, 9.17) is 12.2 Å². The van der Waals surface area contributed by atoms with Crippen LogP contribution in [0.2, 0.25) is 0 Å². The average molecular weight is 448 g/mol. The first-order valence-electron chi connectivity index (χ1n) is 9.40. The molecule has 1 N–H and O–H groups in total. The fourth-order valence-corrected chi connectivity index (χ4v) is 4.54. The number of benzene rings is 3. The van der Waals surface area contributed by atoms with Gasteiger partial charge in [-0.3, -0.25) is 24.6 Å². The highest BCUT2D eigenvalue weighted by atomic mass is 32.2. The highest BCUT2D eigenvalue weighted by Gasteiger charge is 2.45. The van der Waals surface area contributed by atoms with E-state index >= 15 is 0 Å². The predicted octanol–water partition coefficient (Wildman–Crippen LogP) is 4.43.